The Morgan fingerprint density at radius 1 is 1.17 bits per heavy atom. The van der Waals surface area contributed by atoms with Crippen LogP contribution in [0.1, 0.15) is 17.5 Å². The summed E-state index contributed by atoms with van der Waals surface area (Å²) >= 11 is 5.68. The third kappa shape index (κ3) is 3.82. The molecule has 1 aromatic heterocycles. The lowest BCUT2D eigenvalue weighted by Crippen LogP contribution is -2.41. The summed E-state index contributed by atoms with van der Waals surface area (Å²) in [5.41, 5.74) is 0.704. The predicted octanol–water partition coefficient (Wildman–Crippen LogP) is 2.01. The van der Waals surface area contributed by atoms with E-state index in [0.717, 1.165) is 5.56 Å². The van der Waals surface area contributed by atoms with E-state index in [9.17, 15) is 9.59 Å². The number of aryl methyl sites for hydroxylation is 1. The Balaban J connectivity index is 2.45. The van der Waals surface area contributed by atoms with Gasteiger partial charge in [0.05, 0.1) is 20.8 Å². The van der Waals surface area contributed by atoms with Gasteiger partial charge in [-0.25, -0.2) is 4.79 Å². The van der Waals surface area contributed by atoms with Crippen molar-refractivity contribution in [2.75, 3.05) is 20.1 Å². The van der Waals surface area contributed by atoms with Crippen LogP contribution in [0, 0.1) is 6.92 Å². The SMILES string of the molecule is COc1ccc(Cn2cc(C)c(=O)n(CCCCl)c2=O)c(OC)c1. The number of aromatic nitrogens is 2. The maximum atomic E-state index is 12.6. The topological polar surface area (TPSA) is 62.5 Å². The molecule has 2 aromatic rings. The Morgan fingerprint density at radius 2 is 1.92 bits per heavy atom. The maximum absolute atomic E-state index is 12.6. The monoisotopic (exact) mass is 352 g/mol. The van der Waals surface area contributed by atoms with Crippen LogP contribution < -0.4 is 20.7 Å². The Hall–Kier alpha value is -2.21. The van der Waals surface area contributed by atoms with Gasteiger partial charge in [-0.05, 0) is 25.5 Å². The van der Waals surface area contributed by atoms with Crippen LogP contribution in [-0.2, 0) is 13.1 Å². The zero-order valence-electron chi connectivity index (χ0n) is 14.0. The molecule has 0 aliphatic rings. The van der Waals surface area contributed by atoms with Gasteiger partial charge in [0.25, 0.3) is 5.56 Å². The van der Waals surface area contributed by atoms with Crippen molar-refractivity contribution in [3.8, 4) is 11.5 Å². The Kier molecular flexibility index (Phi) is 6.09. The van der Waals surface area contributed by atoms with E-state index >= 15 is 0 Å². The van der Waals surface area contributed by atoms with Crippen molar-refractivity contribution >= 4 is 11.6 Å². The molecule has 7 heteroatoms. The molecule has 0 radical (unpaired) electrons. The van der Waals surface area contributed by atoms with Gasteiger partial charge >= 0.3 is 5.69 Å². The van der Waals surface area contributed by atoms with Gasteiger partial charge in [0.1, 0.15) is 11.5 Å². The van der Waals surface area contributed by atoms with Crippen LogP contribution in [-0.4, -0.2) is 29.2 Å². The minimum Gasteiger partial charge on any atom is -0.497 e. The minimum atomic E-state index is -0.353. The first kappa shape index (κ1) is 18.1. The van der Waals surface area contributed by atoms with Crippen LogP contribution in [0.5, 0.6) is 11.5 Å². The molecule has 0 saturated carbocycles. The summed E-state index contributed by atoms with van der Waals surface area (Å²) in [6.45, 7) is 2.30. The van der Waals surface area contributed by atoms with Crippen LogP contribution in [0.15, 0.2) is 34.0 Å². The van der Waals surface area contributed by atoms with E-state index in [-0.39, 0.29) is 11.2 Å². The fourth-order valence-corrected chi connectivity index (χ4v) is 2.61. The summed E-state index contributed by atoms with van der Waals surface area (Å²) in [4.78, 5) is 24.8. The second kappa shape index (κ2) is 8.06. The van der Waals surface area contributed by atoms with Crippen LogP contribution in [0.4, 0.5) is 0 Å². The van der Waals surface area contributed by atoms with Crippen molar-refractivity contribution in [3.63, 3.8) is 0 Å². The van der Waals surface area contributed by atoms with Gasteiger partial charge in [0.2, 0.25) is 0 Å². The summed E-state index contributed by atoms with van der Waals surface area (Å²) in [7, 11) is 3.14. The molecule has 0 N–H and O–H groups in total. The van der Waals surface area contributed by atoms with Gasteiger partial charge in [-0.3, -0.25) is 13.9 Å². The predicted molar refractivity (Wildman–Crippen MR) is 93.7 cm³/mol. The van der Waals surface area contributed by atoms with Gasteiger partial charge in [0, 0.05) is 35.8 Å². The normalized spacial score (nSPS) is 10.7. The van der Waals surface area contributed by atoms with Crippen LogP contribution in [0.2, 0.25) is 0 Å². The van der Waals surface area contributed by atoms with Gasteiger partial charge in [0.15, 0.2) is 0 Å². The second-order valence-electron chi connectivity index (χ2n) is 5.40. The first-order valence-corrected chi connectivity index (χ1v) is 8.13. The molecule has 0 spiro atoms. The molecular weight excluding hydrogens is 332 g/mol. The highest BCUT2D eigenvalue weighted by Crippen LogP contribution is 2.24. The van der Waals surface area contributed by atoms with Gasteiger partial charge < -0.3 is 9.47 Å². The standard InChI is InChI=1S/C17H21ClN2O4/c1-12-10-19(17(22)20(16(12)21)8-4-7-18)11-13-5-6-14(23-2)9-15(13)24-3/h5-6,9-10H,4,7-8,11H2,1-3H3. The summed E-state index contributed by atoms with van der Waals surface area (Å²) in [5.74, 6) is 1.69. The molecule has 0 atom stereocenters. The van der Waals surface area contributed by atoms with Crippen molar-refractivity contribution in [2.24, 2.45) is 0 Å². The number of methoxy groups -OCH3 is 2. The molecule has 0 aliphatic heterocycles. The molecule has 0 unspecified atom stereocenters. The number of hydrogen-bond donors (Lipinski definition) is 0. The van der Waals surface area contributed by atoms with Crippen molar-refractivity contribution in [2.45, 2.75) is 26.4 Å². The van der Waals surface area contributed by atoms with E-state index in [1.807, 2.05) is 6.07 Å². The summed E-state index contributed by atoms with van der Waals surface area (Å²) < 4.78 is 13.3. The number of rotatable bonds is 7. The summed E-state index contributed by atoms with van der Waals surface area (Å²) in [6.07, 6.45) is 2.14. The maximum Gasteiger partial charge on any atom is 0.331 e. The fourth-order valence-electron chi connectivity index (χ4n) is 2.49. The number of nitrogens with zero attached hydrogens (tertiary/aromatic N) is 2. The van der Waals surface area contributed by atoms with Crippen molar-refractivity contribution in [1.29, 1.82) is 0 Å². The Bertz CT molecular complexity index is 826. The molecular formula is C17H21ClN2O4. The highest BCUT2D eigenvalue weighted by molar-refractivity contribution is 6.17. The number of halogens is 1. The molecule has 0 bridgehead atoms. The first-order chi connectivity index (χ1) is 11.5. The summed E-state index contributed by atoms with van der Waals surface area (Å²) in [5, 5.41) is 0. The van der Waals surface area contributed by atoms with E-state index < -0.39 is 0 Å². The molecule has 1 heterocycles. The number of alkyl halides is 1. The zero-order valence-corrected chi connectivity index (χ0v) is 14.8. The van der Waals surface area contributed by atoms with Crippen LogP contribution in [0.3, 0.4) is 0 Å². The lowest BCUT2D eigenvalue weighted by Gasteiger charge is -2.14. The Morgan fingerprint density at radius 3 is 2.54 bits per heavy atom. The smallest absolute Gasteiger partial charge is 0.331 e. The van der Waals surface area contributed by atoms with E-state index in [4.69, 9.17) is 21.1 Å². The third-order valence-electron chi connectivity index (χ3n) is 3.76. The van der Waals surface area contributed by atoms with Crippen molar-refractivity contribution < 1.29 is 9.47 Å². The van der Waals surface area contributed by atoms with Crippen molar-refractivity contribution in [3.05, 3.63) is 56.4 Å². The lowest BCUT2D eigenvalue weighted by atomic mass is 10.2. The Labute approximate surface area is 145 Å². The molecule has 0 saturated heterocycles. The van der Waals surface area contributed by atoms with Gasteiger partial charge in [-0.2, -0.15) is 0 Å². The molecule has 1 aromatic carbocycles. The van der Waals surface area contributed by atoms with Gasteiger partial charge in [-0.15, -0.1) is 11.6 Å². The van der Waals surface area contributed by atoms with E-state index in [0.29, 0.717) is 42.5 Å². The average molecular weight is 353 g/mol. The minimum absolute atomic E-state index is 0.275. The second-order valence-corrected chi connectivity index (χ2v) is 5.78. The largest absolute Gasteiger partial charge is 0.497 e. The molecule has 6 nitrogen and oxygen atoms in total. The van der Waals surface area contributed by atoms with E-state index in [1.165, 1.54) is 9.13 Å². The number of ether oxygens (including phenoxy) is 2. The van der Waals surface area contributed by atoms with Gasteiger partial charge in [-0.1, -0.05) is 0 Å². The molecule has 0 aliphatic carbocycles. The highest BCUT2D eigenvalue weighted by Gasteiger charge is 2.11. The van der Waals surface area contributed by atoms with Crippen molar-refractivity contribution in [1.82, 2.24) is 9.13 Å². The molecule has 2 rings (SSSR count). The molecule has 130 valence electrons. The molecule has 24 heavy (non-hydrogen) atoms. The first-order valence-electron chi connectivity index (χ1n) is 7.59. The fraction of sp³-hybridized carbons (Fsp3) is 0.412. The highest BCUT2D eigenvalue weighted by atomic mass is 35.5. The molecule has 0 fully saturated rings. The zero-order chi connectivity index (χ0) is 17.7. The third-order valence-corrected chi connectivity index (χ3v) is 4.03. The molecule has 0 amide bonds. The lowest BCUT2D eigenvalue weighted by molar-refractivity contribution is 0.389. The van der Waals surface area contributed by atoms with E-state index in [2.05, 4.69) is 0 Å². The quantitative estimate of drug-likeness (QED) is 0.715. The number of benzene rings is 1. The van der Waals surface area contributed by atoms with Crippen LogP contribution in [0.25, 0.3) is 0 Å². The van der Waals surface area contributed by atoms with Crippen LogP contribution >= 0.6 is 11.6 Å². The number of hydrogen-bond acceptors (Lipinski definition) is 4. The average Bonchev–Trinajstić information content (AvgIpc) is 2.59. The van der Waals surface area contributed by atoms with E-state index in [1.54, 1.807) is 39.5 Å². The summed E-state index contributed by atoms with van der Waals surface area (Å²) in [6, 6.07) is 5.41.